The molecule has 3 heterocycles. The van der Waals surface area contributed by atoms with E-state index < -0.39 is 0 Å². The van der Waals surface area contributed by atoms with Crippen LogP contribution in [-0.2, 0) is 4.74 Å². The zero-order chi connectivity index (χ0) is 16.9. The molecule has 0 radical (unpaired) electrons. The van der Waals surface area contributed by atoms with Crippen LogP contribution >= 0.6 is 0 Å². The highest BCUT2D eigenvalue weighted by Crippen LogP contribution is 2.26. The Kier molecular flexibility index (Phi) is 4.87. The van der Waals surface area contributed by atoms with Crippen molar-refractivity contribution in [3.8, 4) is 6.07 Å². The zero-order valence-corrected chi connectivity index (χ0v) is 13.8. The van der Waals surface area contributed by atoms with E-state index in [9.17, 15) is 5.26 Å². The average molecular weight is 324 g/mol. The lowest BCUT2D eigenvalue weighted by Crippen LogP contribution is -2.35. The van der Waals surface area contributed by atoms with Crippen molar-refractivity contribution in [2.45, 2.75) is 25.5 Å². The van der Waals surface area contributed by atoms with Crippen molar-refractivity contribution in [1.82, 2.24) is 15.0 Å². The van der Waals surface area contributed by atoms with Gasteiger partial charge in [0.1, 0.15) is 18.2 Å². The lowest BCUT2D eigenvalue weighted by atomic mass is 10.2. The molecule has 0 aliphatic carbocycles. The van der Waals surface area contributed by atoms with E-state index in [1.54, 1.807) is 31.9 Å². The molecule has 124 valence electrons. The highest BCUT2D eigenvalue weighted by atomic mass is 16.5. The van der Waals surface area contributed by atoms with Crippen molar-refractivity contribution in [2.75, 3.05) is 30.4 Å². The first-order valence-corrected chi connectivity index (χ1v) is 7.87. The molecule has 0 amide bonds. The number of nitrogens with one attached hydrogen (secondary N) is 1. The maximum absolute atomic E-state index is 9.19. The molecule has 0 spiro atoms. The van der Waals surface area contributed by atoms with Crippen molar-refractivity contribution in [1.29, 1.82) is 5.26 Å². The molecule has 1 saturated heterocycles. The minimum atomic E-state index is 0.163. The number of anilines is 2. The number of hydrogen-bond donors (Lipinski definition) is 1. The molecule has 1 aliphatic rings. The Hall–Kier alpha value is -2.72. The molecular formula is C17H20N6O. The summed E-state index contributed by atoms with van der Waals surface area (Å²) in [7, 11) is 1.73. The molecule has 24 heavy (non-hydrogen) atoms. The Labute approximate surface area is 141 Å². The van der Waals surface area contributed by atoms with Gasteiger partial charge in [-0.1, -0.05) is 0 Å². The second kappa shape index (κ2) is 7.23. The Bertz CT molecular complexity index is 744. The van der Waals surface area contributed by atoms with Crippen molar-refractivity contribution >= 4 is 11.5 Å². The van der Waals surface area contributed by atoms with E-state index >= 15 is 0 Å². The fraction of sp³-hybridized carbons (Fsp3) is 0.412. The summed E-state index contributed by atoms with van der Waals surface area (Å²) < 4.78 is 5.54. The Morgan fingerprint density at radius 3 is 3.08 bits per heavy atom. The monoisotopic (exact) mass is 324 g/mol. The van der Waals surface area contributed by atoms with Gasteiger partial charge < -0.3 is 15.0 Å². The van der Waals surface area contributed by atoms with Gasteiger partial charge in [-0.05, 0) is 19.4 Å². The third kappa shape index (κ3) is 3.44. The smallest absolute Gasteiger partial charge is 0.132 e. The second-order valence-electron chi connectivity index (χ2n) is 5.83. The van der Waals surface area contributed by atoms with E-state index in [1.165, 1.54) is 0 Å². The number of hydrogen-bond acceptors (Lipinski definition) is 7. The molecule has 0 aromatic carbocycles. The zero-order valence-electron chi connectivity index (χ0n) is 13.8. The molecule has 0 saturated carbocycles. The molecule has 7 heteroatoms. The van der Waals surface area contributed by atoms with Crippen molar-refractivity contribution in [2.24, 2.45) is 0 Å². The van der Waals surface area contributed by atoms with Gasteiger partial charge in [0.15, 0.2) is 0 Å². The molecule has 1 fully saturated rings. The molecule has 0 bridgehead atoms. The van der Waals surface area contributed by atoms with Crippen LogP contribution in [0.25, 0.3) is 0 Å². The molecule has 2 aromatic rings. The second-order valence-corrected chi connectivity index (χ2v) is 5.83. The number of nitrogens with zero attached hydrogens (tertiary/aromatic N) is 5. The van der Waals surface area contributed by atoms with Crippen LogP contribution < -0.4 is 10.2 Å². The van der Waals surface area contributed by atoms with Crippen LogP contribution in [0, 0.1) is 18.3 Å². The third-order valence-corrected chi connectivity index (χ3v) is 4.26. The molecule has 1 N–H and O–H groups in total. The highest BCUT2D eigenvalue weighted by Gasteiger charge is 2.33. The van der Waals surface area contributed by atoms with Gasteiger partial charge >= 0.3 is 0 Å². The lowest BCUT2D eigenvalue weighted by Gasteiger charge is -2.26. The molecule has 2 aromatic heterocycles. The summed E-state index contributed by atoms with van der Waals surface area (Å²) in [5.74, 6) is 0.903. The molecule has 7 nitrogen and oxygen atoms in total. The summed E-state index contributed by atoms with van der Waals surface area (Å²) in [5.41, 5.74) is 2.28. The molecule has 3 rings (SSSR count). The van der Waals surface area contributed by atoms with Crippen LogP contribution in [0.3, 0.4) is 0 Å². The Balaban J connectivity index is 1.76. The van der Waals surface area contributed by atoms with Gasteiger partial charge in [0, 0.05) is 38.2 Å². The van der Waals surface area contributed by atoms with Gasteiger partial charge in [0.05, 0.1) is 29.6 Å². The van der Waals surface area contributed by atoms with Crippen LogP contribution in [0.2, 0.25) is 0 Å². The normalized spacial score (nSPS) is 20.0. The van der Waals surface area contributed by atoms with E-state index in [0.29, 0.717) is 12.1 Å². The summed E-state index contributed by atoms with van der Waals surface area (Å²) in [6.07, 6.45) is 5.95. The summed E-state index contributed by atoms with van der Waals surface area (Å²) in [6.45, 7) is 3.43. The summed E-state index contributed by atoms with van der Waals surface area (Å²) in [5, 5.41) is 12.5. The fourth-order valence-corrected chi connectivity index (χ4v) is 2.98. The average Bonchev–Trinajstić information content (AvgIpc) is 3.03. The summed E-state index contributed by atoms with van der Waals surface area (Å²) in [4.78, 5) is 14.9. The van der Waals surface area contributed by atoms with Gasteiger partial charge in [0.2, 0.25) is 0 Å². The highest BCUT2D eigenvalue weighted by molar-refractivity contribution is 5.56. The summed E-state index contributed by atoms with van der Waals surface area (Å²) >= 11 is 0. The van der Waals surface area contributed by atoms with E-state index in [1.807, 2.05) is 13.0 Å². The number of nitriles is 1. The number of methoxy groups -OCH3 is 1. The maximum Gasteiger partial charge on any atom is 0.132 e. The number of ether oxygens (including phenoxy) is 1. The Morgan fingerprint density at radius 1 is 1.46 bits per heavy atom. The fourth-order valence-electron chi connectivity index (χ4n) is 2.98. The van der Waals surface area contributed by atoms with Gasteiger partial charge in [-0.2, -0.15) is 5.26 Å². The van der Waals surface area contributed by atoms with Crippen LogP contribution in [-0.4, -0.2) is 47.3 Å². The SMILES string of the molecule is CO[C@H]1C[C@@H](CNc2cnccc2C#N)N(c2cc(C)ncn2)C1. The van der Waals surface area contributed by atoms with E-state index in [-0.39, 0.29) is 12.1 Å². The molecule has 1 aliphatic heterocycles. The number of pyridine rings is 1. The number of rotatable bonds is 5. The van der Waals surface area contributed by atoms with Crippen LogP contribution in [0.15, 0.2) is 30.9 Å². The van der Waals surface area contributed by atoms with Crippen LogP contribution in [0.1, 0.15) is 17.7 Å². The van der Waals surface area contributed by atoms with Crippen molar-refractivity contribution in [3.05, 3.63) is 42.1 Å². The van der Waals surface area contributed by atoms with Crippen molar-refractivity contribution < 1.29 is 4.74 Å². The third-order valence-electron chi connectivity index (χ3n) is 4.26. The standard InChI is InChI=1S/C17H20N6O/c1-12-5-17(22-11-21-12)23-10-15(24-2)6-14(23)8-20-16-9-19-4-3-13(16)7-18/h3-5,9,11,14-15,20H,6,8,10H2,1-2H3/t14-,15-/m0/s1. The first-order chi connectivity index (χ1) is 11.7. The predicted molar refractivity (Wildman–Crippen MR) is 90.8 cm³/mol. The number of aromatic nitrogens is 3. The van der Waals surface area contributed by atoms with Gasteiger partial charge in [-0.15, -0.1) is 0 Å². The molecule has 0 unspecified atom stereocenters. The lowest BCUT2D eigenvalue weighted by molar-refractivity contribution is 0.118. The maximum atomic E-state index is 9.19. The molecular weight excluding hydrogens is 304 g/mol. The molecule has 2 atom stereocenters. The number of aryl methyl sites for hydroxylation is 1. The van der Waals surface area contributed by atoms with E-state index in [0.717, 1.165) is 30.2 Å². The minimum absolute atomic E-state index is 0.163. The van der Waals surface area contributed by atoms with Crippen LogP contribution in [0.4, 0.5) is 11.5 Å². The van der Waals surface area contributed by atoms with Gasteiger partial charge in [-0.25, -0.2) is 9.97 Å². The Morgan fingerprint density at radius 2 is 2.33 bits per heavy atom. The largest absolute Gasteiger partial charge is 0.381 e. The summed E-state index contributed by atoms with van der Waals surface area (Å²) in [6, 6.07) is 6.09. The quantitative estimate of drug-likeness (QED) is 0.896. The predicted octanol–water partition coefficient (Wildman–Crippen LogP) is 1.76. The van der Waals surface area contributed by atoms with Gasteiger partial charge in [-0.3, -0.25) is 4.98 Å². The van der Waals surface area contributed by atoms with Crippen molar-refractivity contribution in [3.63, 3.8) is 0 Å². The van der Waals surface area contributed by atoms with Gasteiger partial charge in [0.25, 0.3) is 0 Å². The first kappa shape index (κ1) is 16.1. The topological polar surface area (TPSA) is 87.0 Å². The van der Waals surface area contributed by atoms with E-state index in [2.05, 4.69) is 31.2 Å². The first-order valence-electron chi connectivity index (χ1n) is 7.87. The van der Waals surface area contributed by atoms with Crippen LogP contribution in [0.5, 0.6) is 0 Å². The minimum Gasteiger partial charge on any atom is -0.381 e. The van der Waals surface area contributed by atoms with E-state index in [4.69, 9.17) is 4.74 Å².